The number of sulfone groups is 1. The Morgan fingerprint density at radius 2 is 2.00 bits per heavy atom. The number of rotatable bonds is 2. The van der Waals surface area contributed by atoms with E-state index in [0.29, 0.717) is 11.4 Å². The first-order valence-corrected chi connectivity index (χ1v) is 7.58. The Balaban J connectivity index is 2.33. The monoisotopic (exact) mass is 253 g/mol. The van der Waals surface area contributed by atoms with Gasteiger partial charge in [0.1, 0.15) is 0 Å². The summed E-state index contributed by atoms with van der Waals surface area (Å²) in [5, 5.41) is 2.89. The Kier molecular flexibility index (Phi) is 3.54. The predicted molar refractivity (Wildman–Crippen MR) is 69.0 cm³/mol. The lowest BCUT2D eigenvalue weighted by atomic mass is 10.1. The normalized spacial score (nSPS) is 21.4. The van der Waals surface area contributed by atoms with E-state index in [1.165, 1.54) is 0 Å². The van der Waals surface area contributed by atoms with Crippen LogP contribution in [-0.4, -0.2) is 26.8 Å². The molecule has 17 heavy (non-hydrogen) atoms. The van der Waals surface area contributed by atoms with Crippen molar-refractivity contribution in [1.29, 1.82) is 0 Å². The quantitative estimate of drug-likeness (QED) is 0.874. The summed E-state index contributed by atoms with van der Waals surface area (Å²) in [7, 11) is -3.16. The zero-order valence-corrected chi connectivity index (χ0v) is 11.2. The molecule has 0 radical (unpaired) electrons. The molecule has 4 heteroatoms. The highest BCUT2D eigenvalue weighted by molar-refractivity contribution is 7.92. The standard InChI is InChI=1S/C13H19NO2S/c1-10-5-6-12(8-11(10)2)17(15,16)13-4-3-7-14-9-13/h5-6,8,13-14H,3-4,7,9H2,1-2H3. The number of hydrogen-bond acceptors (Lipinski definition) is 3. The second kappa shape index (κ2) is 4.78. The highest BCUT2D eigenvalue weighted by Crippen LogP contribution is 2.22. The first kappa shape index (κ1) is 12.6. The molecular weight excluding hydrogens is 234 g/mol. The number of nitrogens with one attached hydrogen (secondary N) is 1. The number of piperidine rings is 1. The summed E-state index contributed by atoms with van der Waals surface area (Å²) in [5.41, 5.74) is 2.17. The van der Waals surface area contributed by atoms with Crippen LogP contribution in [0.5, 0.6) is 0 Å². The van der Waals surface area contributed by atoms with E-state index in [1.807, 2.05) is 19.9 Å². The minimum atomic E-state index is -3.16. The summed E-state index contributed by atoms with van der Waals surface area (Å²) in [6, 6.07) is 5.41. The lowest BCUT2D eigenvalue weighted by molar-refractivity contribution is 0.497. The van der Waals surface area contributed by atoms with Gasteiger partial charge in [-0.3, -0.25) is 0 Å². The summed E-state index contributed by atoms with van der Waals surface area (Å²) in [6.45, 7) is 5.45. The molecule has 1 saturated heterocycles. The highest BCUT2D eigenvalue weighted by atomic mass is 32.2. The van der Waals surface area contributed by atoms with Gasteiger partial charge in [0.2, 0.25) is 0 Å². The van der Waals surface area contributed by atoms with Crippen LogP contribution in [0.4, 0.5) is 0 Å². The van der Waals surface area contributed by atoms with Crippen molar-refractivity contribution in [2.45, 2.75) is 36.8 Å². The molecule has 0 aromatic heterocycles. The fourth-order valence-electron chi connectivity index (χ4n) is 2.17. The summed E-state index contributed by atoms with van der Waals surface area (Å²) in [5.74, 6) is 0. The third-order valence-electron chi connectivity index (χ3n) is 3.50. The second-order valence-electron chi connectivity index (χ2n) is 4.76. The van der Waals surface area contributed by atoms with E-state index in [-0.39, 0.29) is 5.25 Å². The average Bonchev–Trinajstić information content (AvgIpc) is 2.33. The molecule has 0 saturated carbocycles. The van der Waals surface area contributed by atoms with Crippen molar-refractivity contribution in [2.24, 2.45) is 0 Å². The van der Waals surface area contributed by atoms with Gasteiger partial charge in [0.25, 0.3) is 0 Å². The molecule has 0 spiro atoms. The van der Waals surface area contributed by atoms with Crippen LogP contribution >= 0.6 is 0 Å². The zero-order valence-electron chi connectivity index (χ0n) is 10.4. The van der Waals surface area contributed by atoms with Crippen LogP contribution < -0.4 is 5.32 Å². The van der Waals surface area contributed by atoms with E-state index in [1.54, 1.807) is 12.1 Å². The lowest BCUT2D eigenvalue weighted by Crippen LogP contribution is -2.38. The zero-order chi connectivity index (χ0) is 12.5. The van der Waals surface area contributed by atoms with E-state index in [4.69, 9.17) is 0 Å². The largest absolute Gasteiger partial charge is 0.315 e. The topological polar surface area (TPSA) is 46.2 Å². The van der Waals surface area contributed by atoms with Gasteiger partial charge in [-0.2, -0.15) is 0 Å². The van der Waals surface area contributed by atoms with Crippen LogP contribution in [-0.2, 0) is 9.84 Å². The van der Waals surface area contributed by atoms with E-state index in [9.17, 15) is 8.42 Å². The molecule has 0 aliphatic carbocycles. The van der Waals surface area contributed by atoms with Crippen LogP contribution in [0.1, 0.15) is 24.0 Å². The third kappa shape index (κ3) is 2.53. The molecule has 1 unspecified atom stereocenters. The highest BCUT2D eigenvalue weighted by Gasteiger charge is 2.28. The molecular formula is C13H19NO2S. The number of benzene rings is 1. The second-order valence-corrected chi connectivity index (χ2v) is 6.99. The Morgan fingerprint density at radius 3 is 2.59 bits per heavy atom. The molecule has 3 nitrogen and oxygen atoms in total. The first-order chi connectivity index (χ1) is 8.01. The van der Waals surface area contributed by atoms with Gasteiger partial charge in [0, 0.05) is 6.54 Å². The van der Waals surface area contributed by atoms with Crippen LogP contribution in [0.25, 0.3) is 0 Å². The first-order valence-electron chi connectivity index (χ1n) is 6.03. The molecule has 1 aliphatic rings. The number of hydrogen-bond donors (Lipinski definition) is 1. The molecule has 0 bridgehead atoms. The van der Waals surface area contributed by atoms with Gasteiger partial charge >= 0.3 is 0 Å². The maximum Gasteiger partial charge on any atom is 0.182 e. The molecule has 1 heterocycles. The molecule has 94 valence electrons. The molecule has 1 fully saturated rings. The van der Waals surface area contributed by atoms with Crippen molar-refractivity contribution in [1.82, 2.24) is 5.32 Å². The smallest absolute Gasteiger partial charge is 0.182 e. The Hall–Kier alpha value is -0.870. The van der Waals surface area contributed by atoms with Crippen LogP contribution in [0, 0.1) is 13.8 Å². The van der Waals surface area contributed by atoms with Gasteiger partial charge in [0.05, 0.1) is 10.1 Å². The maximum absolute atomic E-state index is 12.4. The van der Waals surface area contributed by atoms with Crippen LogP contribution in [0.2, 0.25) is 0 Å². The van der Waals surface area contributed by atoms with E-state index >= 15 is 0 Å². The van der Waals surface area contributed by atoms with Gasteiger partial charge in [-0.05, 0) is 56.5 Å². The average molecular weight is 253 g/mol. The van der Waals surface area contributed by atoms with Crippen molar-refractivity contribution in [3.8, 4) is 0 Å². The minimum absolute atomic E-state index is 0.265. The van der Waals surface area contributed by atoms with Crippen molar-refractivity contribution in [3.05, 3.63) is 29.3 Å². The third-order valence-corrected chi connectivity index (χ3v) is 5.69. The van der Waals surface area contributed by atoms with Gasteiger partial charge in [-0.1, -0.05) is 6.07 Å². The summed E-state index contributed by atoms with van der Waals surface area (Å²) in [4.78, 5) is 0.467. The number of aryl methyl sites for hydroxylation is 2. The molecule has 1 aromatic carbocycles. The maximum atomic E-state index is 12.4. The molecule has 1 N–H and O–H groups in total. The van der Waals surface area contributed by atoms with Crippen LogP contribution in [0.15, 0.2) is 23.1 Å². The molecule has 1 aliphatic heterocycles. The SMILES string of the molecule is Cc1ccc(S(=O)(=O)C2CCCNC2)cc1C. The summed E-state index contributed by atoms with van der Waals surface area (Å²) < 4.78 is 24.8. The Labute approximate surface area is 103 Å². The van der Waals surface area contributed by atoms with Crippen LogP contribution in [0.3, 0.4) is 0 Å². The molecule has 0 amide bonds. The Bertz CT molecular complexity index is 502. The minimum Gasteiger partial charge on any atom is -0.315 e. The van der Waals surface area contributed by atoms with Gasteiger partial charge in [-0.15, -0.1) is 0 Å². The van der Waals surface area contributed by atoms with E-state index in [2.05, 4.69) is 5.32 Å². The van der Waals surface area contributed by atoms with E-state index in [0.717, 1.165) is 30.5 Å². The van der Waals surface area contributed by atoms with Gasteiger partial charge < -0.3 is 5.32 Å². The van der Waals surface area contributed by atoms with Crippen molar-refractivity contribution in [2.75, 3.05) is 13.1 Å². The summed E-state index contributed by atoms with van der Waals surface area (Å²) >= 11 is 0. The van der Waals surface area contributed by atoms with Gasteiger partial charge in [-0.25, -0.2) is 8.42 Å². The van der Waals surface area contributed by atoms with Crippen molar-refractivity contribution < 1.29 is 8.42 Å². The van der Waals surface area contributed by atoms with Crippen molar-refractivity contribution in [3.63, 3.8) is 0 Å². The summed E-state index contributed by atoms with van der Waals surface area (Å²) in [6.07, 6.45) is 1.71. The molecule has 1 atom stereocenters. The fourth-order valence-corrected chi connectivity index (χ4v) is 3.97. The lowest BCUT2D eigenvalue weighted by Gasteiger charge is -2.23. The van der Waals surface area contributed by atoms with E-state index < -0.39 is 9.84 Å². The molecule has 2 rings (SSSR count). The fraction of sp³-hybridized carbons (Fsp3) is 0.538. The Morgan fingerprint density at radius 1 is 1.24 bits per heavy atom. The van der Waals surface area contributed by atoms with Crippen molar-refractivity contribution >= 4 is 9.84 Å². The predicted octanol–water partition coefficient (Wildman–Crippen LogP) is 1.83. The van der Waals surface area contributed by atoms with Gasteiger partial charge in [0.15, 0.2) is 9.84 Å². The molecule has 1 aromatic rings.